The van der Waals surface area contributed by atoms with Crippen LogP contribution in [0.3, 0.4) is 0 Å². The molecule has 0 saturated heterocycles. The number of nitrogens with two attached hydrogens (primary N) is 1. The first-order chi connectivity index (χ1) is 8.95. The number of hydrogen-bond acceptors (Lipinski definition) is 2. The molecule has 0 saturated carbocycles. The summed E-state index contributed by atoms with van der Waals surface area (Å²) in [5.74, 6) is -0.0294. The lowest BCUT2D eigenvalue weighted by Crippen LogP contribution is -2.22. The quantitative estimate of drug-likeness (QED) is 0.514. The van der Waals surface area contributed by atoms with Crippen LogP contribution in [0.1, 0.15) is 32.6 Å². The molecular formula is C16H16NOSi. The predicted molar refractivity (Wildman–Crippen MR) is 80.3 cm³/mol. The van der Waals surface area contributed by atoms with Gasteiger partial charge in [0.15, 0.2) is 5.78 Å². The van der Waals surface area contributed by atoms with Gasteiger partial charge >= 0.3 is 0 Å². The van der Waals surface area contributed by atoms with Crippen molar-refractivity contribution in [1.29, 1.82) is 0 Å². The van der Waals surface area contributed by atoms with Gasteiger partial charge in [0, 0.05) is 16.8 Å². The Bertz CT molecular complexity index is 619. The van der Waals surface area contributed by atoms with Crippen molar-refractivity contribution >= 4 is 26.9 Å². The summed E-state index contributed by atoms with van der Waals surface area (Å²) in [6.45, 7) is 5.95. The zero-order valence-corrected chi connectivity index (χ0v) is 12.4. The Morgan fingerprint density at radius 2 is 1.58 bits per heavy atom. The number of nitrogen functional groups attached to an aromatic ring is 1. The lowest BCUT2D eigenvalue weighted by molar-refractivity contribution is 0.103. The van der Waals surface area contributed by atoms with Crippen molar-refractivity contribution in [1.82, 2.24) is 0 Å². The van der Waals surface area contributed by atoms with E-state index >= 15 is 0 Å². The minimum Gasteiger partial charge on any atom is -0.398 e. The Morgan fingerprint density at radius 1 is 1.00 bits per heavy atom. The van der Waals surface area contributed by atoms with Crippen molar-refractivity contribution in [3.05, 3.63) is 58.1 Å². The van der Waals surface area contributed by atoms with Gasteiger partial charge in [-0.15, -0.1) is 0 Å². The Kier molecular flexibility index (Phi) is 3.58. The van der Waals surface area contributed by atoms with Crippen LogP contribution in [-0.4, -0.2) is 16.0 Å². The predicted octanol–water partition coefficient (Wildman–Crippen LogP) is 2.22. The van der Waals surface area contributed by atoms with Crippen LogP contribution in [0, 0.1) is 20.8 Å². The van der Waals surface area contributed by atoms with E-state index in [4.69, 9.17) is 5.73 Å². The Morgan fingerprint density at radius 3 is 2.16 bits per heavy atom. The second-order valence-corrected chi connectivity index (χ2v) is 5.23. The van der Waals surface area contributed by atoms with Crippen LogP contribution in [0.5, 0.6) is 0 Å². The van der Waals surface area contributed by atoms with Crippen molar-refractivity contribution in [3.63, 3.8) is 0 Å². The maximum atomic E-state index is 12.6. The fraction of sp³-hybridized carbons (Fsp3) is 0.188. The number of carbonyl (C=O) groups excluding carboxylic acids is 1. The topological polar surface area (TPSA) is 43.1 Å². The third kappa shape index (κ3) is 2.21. The average Bonchev–Trinajstić information content (AvgIpc) is 2.44. The van der Waals surface area contributed by atoms with Crippen LogP contribution in [0.2, 0.25) is 0 Å². The molecule has 0 amide bonds. The second kappa shape index (κ2) is 5.01. The monoisotopic (exact) mass is 266 g/mol. The highest BCUT2D eigenvalue weighted by Gasteiger charge is 2.19. The summed E-state index contributed by atoms with van der Waals surface area (Å²) in [5.41, 5.74) is 11.0. The molecule has 0 fully saturated rings. The largest absolute Gasteiger partial charge is 0.398 e. The van der Waals surface area contributed by atoms with Crippen molar-refractivity contribution in [2.45, 2.75) is 20.8 Å². The molecule has 0 atom stereocenters. The summed E-state index contributed by atoms with van der Waals surface area (Å²) in [5, 5.41) is 0.808. The number of benzene rings is 2. The fourth-order valence-electron chi connectivity index (χ4n) is 2.21. The summed E-state index contributed by atoms with van der Waals surface area (Å²) in [6.07, 6.45) is 0. The standard InChI is InChI=1S/C16H16NOSi/c1-9-10(2)13(14(17)16(19)11(9)3)15(18)12-7-5-4-6-8-12/h4-8H,17H2,1-3H3. The highest BCUT2D eigenvalue weighted by Crippen LogP contribution is 2.24. The van der Waals surface area contributed by atoms with Gasteiger partial charge < -0.3 is 5.73 Å². The number of hydrogen-bond donors (Lipinski definition) is 1. The molecule has 2 aromatic carbocycles. The average molecular weight is 266 g/mol. The minimum atomic E-state index is -0.0294. The van der Waals surface area contributed by atoms with Crippen LogP contribution in [-0.2, 0) is 0 Å². The number of anilines is 1. The van der Waals surface area contributed by atoms with Crippen LogP contribution >= 0.6 is 0 Å². The lowest BCUT2D eigenvalue weighted by atomic mass is 9.91. The van der Waals surface area contributed by atoms with Gasteiger partial charge in [0.25, 0.3) is 0 Å². The molecule has 95 valence electrons. The van der Waals surface area contributed by atoms with Crippen molar-refractivity contribution in [3.8, 4) is 0 Å². The molecule has 0 aliphatic heterocycles. The molecule has 0 unspecified atom stereocenters. The van der Waals surface area contributed by atoms with E-state index in [9.17, 15) is 4.79 Å². The number of carbonyl (C=O) groups is 1. The molecule has 2 N–H and O–H groups in total. The van der Waals surface area contributed by atoms with Crippen LogP contribution in [0.25, 0.3) is 0 Å². The van der Waals surface area contributed by atoms with Crippen molar-refractivity contribution < 1.29 is 4.79 Å². The van der Waals surface area contributed by atoms with E-state index in [1.165, 1.54) is 0 Å². The van der Waals surface area contributed by atoms with Gasteiger partial charge in [-0.05, 0) is 42.6 Å². The van der Waals surface area contributed by atoms with E-state index in [2.05, 4.69) is 10.2 Å². The molecule has 3 radical (unpaired) electrons. The van der Waals surface area contributed by atoms with Gasteiger partial charge in [0.05, 0.1) is 10.2 Å². The smallest absolute Gasteiger partial charge is 0.195 e. The second-order valence-electron chi connectivity index (χ2n) is 4.73. The van der Waals surface area contributed by atoms with Gasteiger partial charge in [-0.1, -0.05) is 30.3 Å². The van der Waals surface area contributed by atoms with Gasteiger partial charge in [-0.3, -0.25) is 4.79 Å². The summed E-state index contributed by atoms with van der Waals surface area (Å²) >= 11 is 0. The Labute approximate surface area is 117 Å². The highest BCUT2D eigenvalue weighted by molar-refractivity contribution is 6.38. The Balaban J connectivity index is 2.67. The molecule has 0 bridgehead atoms. The molecule has 2 nitrogen and oxygen atoms in total. The SMILES string of the molecule is Cc1c(C)c([Si])c(N)c(C(=O)c2ccccc2)c1C. The van der Waals surface area contributed by atoms with Crippen LogP contribution in [0.15, 0.2) is 30.3 Å². The Hall–Kier alpha value is -1.87. The van der Waals surface area contributed by atoms with Crippen molar-refractivity contribution in [2.24, 2.45) is 0 Å². The van der Waals surface area contributed by atoms with E-state index in [1.807, 2.05) is 51.1 Å². The molecule has 0 aliphatic rings. The fourth-order valence-corrected chi connectivity index (χ4v) is 2.52. The first-order valence-electron chi connectivity index (χ1n) is 6.15. The molecule has 2 aromatic rings. The molecular weight excluding hydrogens is 250 g/mol. The third-order valence-electron chi connectivity index (χ3n) is 3.68. The van der Waals surface area contributed by atoms with Gasteiger partial charge in [0.1, 0.15) is 0 Å². The van der Waals surface area contributed by atoms with E-state index in [0.29, 0.717) is 16.8 Å². The zero-order valence-electron chi connectivity index (χ0n) is 11.4. The molecule has 0 heterocycles. The zero-order chi connectivity index (χ0) is 14.2. The molecule has 0 spiro atoms. The highest BCUT2D eigenvalue weighted by atomic mass is 28.1. The maximum absolute atomic E-state index is 12.6. The van der Waals surface area contributed by atoms with Crippen LogP contribution < -0.4 is 10.9 Å². The molecule has 19 heavy (non-hydrogen) atoms. The van der Waals surface area contributed by atoms with Crippen LogP contribution in [0.4, 0.5) is 5.69 Å². The van der Waals surface area contributed by atoms with Gasteiger partial charge in [-0.2, -0.15) is 0 Å². The third-order valence-corrected chi connectivity index (χ3v) is 4.32. The summed E-state index contributed by atoms with van der Waals surface area (Å²) in [6, 6.07) is 9.22. The first kappa shape index (κ1) is 13.6. The molecule has 2 rings (SSSR count). The van der Waals surface area contributed by atoms with Gasteiger partial charge in [-0.25, -0.2) is 0 Å². The summed E-state index contributed by atoms with van der Waals surface area (Å²) < 4.78 is 0. The number of ketones is 1. The summed E-state index contributed by atoms with van der Waals surface area (Å²) in [4.78, 5) is 12.6. The van der Waals surface area contributed by atoms with E-state index < -0.39 is 0 Å². The first-order valence-corrected chi connectivity index (χ1v) is 6.65. The molecule has 3 heteroatoms. The molecule has 0 aromatic heterocycles. The minimum absolute atomic E-state index is 0.0294. The lowest BCUT2D eigenvalue weighted by Gasteiger charge is -2.17. The molecule has 0 aliphatic carbocycles. The number of rotatable bonds is 2. The maximum Gasteiger partial charge on any atom is 0.195 e. The van der Waals surface area contributed by atoms with Gasteiger partial charge in [0.2, 0.25) is 0 Å². The van der Waals surface area contributed by atoms with Crippen molar-refractivity contribution in [2.75, 3.05) is 5.73 Å². The van der Waals surface area contributed by atoms with E-state index in [1.54, 1.807) is 0 Å². The summed E-state index contributed by atoms with van der Waals surface area (Å²) in [7, 11) is 3.53. The van der Waals surface area contributed by atoms with E-state index in [-0.39, 0.29) is 5.78 Å². The van der Waals surface area contributed by atoms with E-state index in [0.717, 1.165) is 21.9 Å². The normalized spacial score (nSPS) is 10.5.